The van der Waals surface area contributed by atoms with Crippen LogP contribution in [0.1, 0.15) is 63.8 Å². The fourth-order valence-corrected chi connectivity index (χ4v) is 6.72. The maximum atomic E-state index is 14.3. The van der Waals surface area contributed by atoms with Gasteiger partial charge in [0.15, 0.2) is 0 Å². The summed E-state index contributed by atoms with van der Waals surface area (Å²) in [4.78, 5) is 45.1. The molecule has 1 aliphatic carbocycles. The maximum Gasteiger partial charge on any atom is 0.246 e. The number of benzene rings is 2. The second kappa shape index (κ2) is 14.5. The SMILES string of the molecule is CCC(C)C(NC(=O)Cc1ccccc1F)C(=O)NC1(C(=O)NC(C(N)=S)C(C)CC)CCc2[nH]c3c(Cl)cc(Cl)cc3c2C1. The number of H-pyrrole nitrogens is 1. The molecule has 0 fully saturated rings. The molecule has 1 heterocycles. The summed E-state index contributed by atoms with van der Waals surface area (Å²) in [5, 5.41) is 10.5. The molecule has 1 aromatic heterocycles. The molecular weight excluding hydrogens is 636 g/mol. The number of nitrogens with two attached hydrogens (primary N) is 1. The van der Waals surface area contributed by atoms with Gasteiger partial charge in [0.25, 0.3) is 0 Å². The zero-order valence-electron chi connectivity index (χ0n) is 25.9. The lowest BCUT2D eigenvalue weighted by molar-refractivity contribution is -0.137. The smallest absolute Gasteiger partial charge is 0.246 e. The molecule has 12 heteroatoms. The van der Waals surface area contributed by atoms with Crippen molar-refractivity contribution < 1.29 is 18.8 Å². The molecule has 0 radical (unpaired) electrons. The number of aryl methyl sites for hydroxylation is 1. The highest BCUT2D eigenvalue weighted by Gasteiger charge is 2.46. The van der Waals surface area contributed by atoms with E-state index in [1.165, 1.54) is 12.1 Å². The zero-order chi connectivity index (χ0) is 33.1. The molecule has 0 bridgehead atoms. The van der Waals surface area contributed by atoms with Gasteiger partial charge in [0.05, 0.1) is 28.0 Å². The summed E-state index contributed by atoms with van der Waals surface area (Å²) in [6.07, 6.45) is 1.88. The molecule has 2 aromatic carbocycles. The summed E-state index contributed by atoms with van der Waals surface area (Å²) in [5.74, 6) is -2.29. The van der Waals surface area contributed by atoms with Crippen LogP contribution in [0.5, 0.6) is 0 Å². The van der Waals surface area contributed by atoms with E-state index in [2.05, 4.69) is 20.9 Å². The molecule has 4 rings (SSSR count). The molecule has 8 nitrogen and oxygen atoms in total. The highest BCUT2D eigenvalue weighted by molar-refractivity contribution is 7.80. The van der Waals surface area contributed by atoms with E-state index in [1.54, 1.807) is 24.3 Å². The number of hydrogen-bond donors (Lipinski definition) is 5. The van der Waals surface area contributed by atoms with E-state index < -0.39 is 41.2 Å². The topological polar surface area (TPSA) is 129 Å². The predicted octanol–water partition coefficient (Wildman–Crippen LogP) is 5.55. The number of thiocarbonyl (C=S) groups is 1. The summed E-state index contributed by atoms with van der Waals surface area (Å²) in [6.45, 7) is 7.67. The Hall–Kier alpha value is -3.21. The molecule has 0 aliphatic heterocycles. The number of halogens is 3. The Morgan fingerprint density at radius 1 is 1.07 bits per heavy atom. The molecule has 3 amide bonds. The lowest BCUT2D eigenvalue weighted by Gasteiger charge is -2.40. The van der Waals surface area contributed by atoms with E-state index in [9.17, 15) is 18.8 Å². The first kappa shape index (κ1) is 34.7. The van der Waals surface area contributed by atoms with Crippen LogP contribution < -0.4 is 21.7 Å². The van der Waals surface area contributed by atoms with Gasteiger partial charge in [-0.3, -0.25) is 14.4 Å². The normalized spacial score (nSPS) is 18.7. The van der Waals surface area contributed by atoms with Crippen molar-refractivity contribution in [2.45, 2.75) is 83.8 Å². The van der Waals surface area contributed by atoms with E-state index in [0.29, 0.717) is 28.4 Å². The Labute approximate surface area is 278 Å². The van der Waals surface area contributed by atoms with Crippen molar-refractivity contribution in [3.63, 3.8) is 0 Å². The van der Waals surface area contributed by atoms with Crippen molar-refractivity contribution in [3.8, 4) is 0 Å². The van der Waals surface area contributed by atoms with Gasteiger partial charge in [-0.2, -0.15) is 0 Å². The standard InChI is InChI=1S/C33H40Cl2FN5O3S/c1-5-17(3)27(30(37)45)40-32(44)33(12-11-25-22(16-33)21-14-20(34)15-23(35)29(21)38-25)41-31(43)28(18(4)6-2)39-26(42)13-19-9-7-8-10-24(19)36/h7-10,14-15,17-18,27-28,38H,5-6,11-13,16H2,1-4H3,(H2,37,45)(H,39,42)(H,40,44)(H,41,43). The van der Waals surface area contributed by atoms with Gasteiger partial charge < -0.3 is 26.7 Å². The summed E-state index contributed by atoms with van der Waals surface area (Å²) in [7, 11) is 0. The third-order valence-electron chi connectivity index (χ3n) is 9.02. The van der Waals surface area contributed by atoms with Crippen molar-refractivity contribution in [3.05, 3.63) is 69.1 Å². The summed E-state index contributed by atoms with van der Waals surface area (Å²) in [5.41, 5.74) is 7.29. The largest absolute Gasteiger partial charge is 0.392 e. The van der Waals surface area contributed by atoms with E-state index in [4.69, 9.17) is 41.2 Å². The number of rotatable bonds is 12. The predicted molar refractivity (Wildman–Crippen MR) is 181 cm³/mol. The minimum atomic E-state index is -1.41. The molecule has 6 N–H and O–H groups in total. The molecule has 5 unspecified atom stereocenters. The number of carbonyl (C=O) groups excluding carboxylic acids is 3. The maximum absolute atomic E-state index is 14.3. The van der Waals surface area contributed by atoms with E-state index in [-0.39, 0.29) is 41.7 Å². The lowest BCUT2D eigenvalue weighted by Crippen LogP contribution is -2.67. The van der Waals surface area contributed by atoms with Crippen LogP contribution in [0.25, 0.3) is 10.9 Å². The first-order valence-electron chi connectivity index (χ1n) is 15.2. The minimum absolute atomic E-state index is 0.0467. The monoisotopic (exact) mass is 675 g/mol. The van der Waals surface area contributed by atoms with Crippen molar-refractivity contribution in [1.29, 1.82) is 0 Å². The fourth-order valence-electron chi connectivity index (χ4n) is 5.89. The van der Waals surface area contributed by atoms with Crippen LogP contribution in [0.4, 0.5) is 4.39 Å². The highest BCUT2D eigenvalue weighted by atomic mass is 35.5. The number of fused-ring (bicyclic) bond motifs is 3. The quantitative estimate of drug-likeness (QED) is 0.161. The Morgan fingerprint density at radius 2 is 1.73 bits per heavy atom. The van der Waals surface area contributed by atoms with E-state index >= 15 is 0 Å². The van der Waals surface area contributed by atoms with Gasteiger partial charge in [-0.1, -0.05) is 94.2 Å². The second-order valence-corrected chi connectivity index (χ2v) is 13.4. The first-order chi connectivity index (χ1) is 21.3. The Morgan fingerprint density at radius 3 is 2.38 bits per heavy atom. The Kier molecular flexibility index (Phi) is 11.2. The van der Waals surface area contributed by atoms with Gasteiger partial charge in [-0.05, 0) is 54.0 Å². The zero-order valence-corrected chi connectivity index (χ0v) is 28.2. The van der Waals surface area contributed by atoms with Crippen LogP contribution in [-0.4, -0.2) is 45.3 Å². The molecule has 1 aliphatic rings. The molecular formula is C33H40Cl2FN5O3S. The third kappa shape index (κ3) is 7.61. The molecule has 242 valence electrons. The van der Waals surface area contributed by atoms with Gasteiger partial charge in [0.1, 0.15) is 17.4 Å². The van der Waals surface area contributed by atoms with Gasteiger partial charge >= 0.3 is 0 Å². The Balaban J connectivity index is 1.70. The van der Waals surface area contributed by atoms with Crippen molar-refractivity contribution in [2.75, 3.05) is 0 Å². The molecule has 0 spiro atoms. The number of carbonyl (C=O) groups is 3. The number of hydrogen-bond acceptors (Lipinski definition) is 4. The summed E-state index contributed by atoms with van der Waals surface area (Å²) < 4.78 is 14.3. The third-order valence-corrected chi connectivity index (χ3v) is 9.79. The first-order valence-corrected chi connectivity index (χ1v) is 16.4. The van der Waals surface area contributed by atoms with Crippen LogP contribution >= 0.6 is 35.4 Å². The van der Waals surface area contributed by atoms with Gasteiger partial charge in [0.2, 0.25) is 17.7 Å². The van der Waals surface area contributed by atoms with Crippen LogP contribution in [0.2, 0.25) is 10.0 Å². The average molecular weight is 677 g/mol. The molecule has 0 saturated heterocycles. The second-order valence-electron chi connectivity index (χ2n) is 12.1. The molecule has 0 saturated carbocycles. The summed E-state index contributed by atoms with van der Waals surface area (Å²) >= 11 is 18.2. The number of aromatic nitrogens is 1. The molecule has 3 aromatic rings. The van der Waals surface area contributed by atoms with Gasteiger partial charge in [0, 0.05) is 22.5 Å². The number of nitrogens with one attached hydrogen (secondary N) is 4. The Bertz CT molecular complexity index is 1610. The van der Waals surface area contributed by atoms with Gasteiger partial charge in [-0.15, -0.1) is 0 Å². The van der Waals surface area contributed by atoms with Crippen LogP contribution in [0.15, 0.2) is 36.4 Å². The molecule has 45 heavy (non-hydrogen) atoms. The van der Waals surface area contributed by atoms with Crippen molar-refractivity contribution >= 4 is 69.0 Å². The molecule has 5 atom stereocenters. The number of aromatic amines is 1. The van der Waals surface area contributed by atoms with Crippen molar-refractivity contribution in [2.24, 2.45) is 17.6 Å². The van der Waals surface area contributed by atoms with E-state index in [0.717, 1.165) is 23.1 Å². The van der Waals surface area contributed by atoms with Crippen LogP contribution in [0.3, 0.4) is 0 Å². The summed E-state index contributed by atoms with van der Waals surface area (Å²) in [6, 6.07) is 7.87. The van der Waals surface area contributed by atoms with Crippen LogP contribution in [0, 0.1) is 17.7 Å². The highest BCUT2D eigenvalue weighted by Crippen LogP contribution is 2.38. The van der Waals surface area contributed by atoms with E-state index in [1.807, 2.05) is 27.7 Å². The van der Waals surface area contributed by atoms with Crippen molar-refractivity contribution in [1.82, 2.24) is 20.9 Å². The minimum Gasteiger partial charge on any atom is -0.392 e. The van der Waals surface area contributed by atoms with Gasteiger partial charge in [-0.25, -0.2) is 4.39 Å². The fraction of sp³-hybridized carbons (Fsp3) is 0.455. The lowest BCUT2D eigenvalue weighted by atomic mass is 9.78. The number of amides is 3. The average Bonchev–Trinajstić information content (AvgIpc) is 3.36. The van der Waals surface area contributed by atoms with Crippen LogP contribution in [-0.2, 0) is 33.6 Å².